The minimum Gasteiger partial charge on any atom is -0.244 e. The molecule has 1 aromatic carbocycles. The summed E-state index contributed by atoms with van der Waals surface area (Å²) < 4.78 is 51.7. The Morgan fingerprint density at radius 2 is 1.65 bits per heavy atom. The van der Waals surface area contributed by atoms with E-state index in [2.05, 4.69) is 0 Å². The van der Waals surface area contributed by atoms with Crippen LogP contribution >= 0.6 is 0 Å². The molecule has 0 amide bonds. The van der Waals surface area contributed by atoms with Crippen molar-refractivity contribution >= 4 is 20.0 Å². The normalized spacial score (nSPS) is 16.3. The first kappa shape index (κ1) is 16.2. The van der Waals surface area contributed by atoms with Crippen molar-refractivity contribution in [1.82, 2.24) is 8.28 Å². The van der Waals surface area contributed by atoms with Crippen molar-refractivity contribution in [1.29, 1.82) is 0 Å². The van der Waals surface area contributed by atoms with E-state index in [1.54, 1.807) is 30.3 Å². The van der Waals surface area contributed by atoms with Crippen LogP contribution in [-0.4, -0.2) is 37.9 Å². The lowest BCUT2D eigenvalue weighted by atomic mass is 10.1. The molecule has 0 atom stereocenters. The van der Waals surface area contributed by atoms with Crippen LogP contribution < -0.4 is 0 Å². The number of rotatable bonds is 3. The van der Waals surface area contributed by atoms with Gasteiger partial charge in [0, 0.05) is 12.7 Å². The number of benzene rings is 1. The van der Waals surface area contributed by atoms with Gasteiger partial charge in [0.25, 0.3) is 10.0 Å². The molecule has 0 saturated heterocycles. The van der Waals surface area contributed by atoms with Crippen LogP contribution in [0.2, 0.25) is 0 Å². The third-order valence-corrected chi connectivity index (χ3v) is 7.03. The Kier molecular flexibility index (Phi) is 3.86. The number of aryl methyl sites for hydroxylation is 1. The maximum atomic E-state index is 12.8. The van der Waals surface area contributed by atoms with E-state index in [9.17, 15) is 16.8 Å². The zero-order valence-corrected chi connectivity index (χ0v) is 14.6. The predicted octanol–water partition coefficient (Wildman–Crippen LogP) is 1.35. The summed E-state index contributed by atoms with van der Waals surface area (Å²) in [5.74, 6) is 0. The van der Waals surface area contributed by atoms with Gasteiger partial charge in [-0.2, -0.15) is 4.31 Å². The second-order valence-electron chi connectivity index (χ2n) is 5.75. The van der Waals surface area contributed by atoms with Crippen LogP contribution in [0.5, 0.6) is 0 Å². The van der Waals surface area contributed by atoms with E-state index in [0.29, 0.717) is 18.7 Å². The summed E-state index contributed by atoms with van der Waals surface area (Å²) >= 11 is 0. The van der Waals surface area contributed by atoms with Gasteiger partial charge in [0.15, 0.2) is 0 Å². The molecule has 1 aromatic heterocycles. The van der Waals surface area contributed by atoms with Crippen LogP contribution in [0.1, 0.15) is 16.8 Å². The quantitative estimate of drug-likeness (QED) is 0.834. The summed E-state index contributed by atoms with van der Waals surface area (Å²) in [6.45, 7) is 2.34. The van der Waals surface area contributed by atoms with Crippen LogP contribution in [-0.2, 0) is 33.0 Å². The van der Waals surface area contributed by atoms with Gasteiger partial charge in [-0.1, -0.05) is 17.7 Å². The van der Waals surface area contributed by atoms with Crippen molar-refractivity contribution < 1.29 is 16.8 Å². The van der Waals surface area contributed by atoms with Crippen molar-refractivity contribution in [3.63, 3.8) is 0 Å². The highest BCUT2D eigenvalue weighted by atomic mass is 32.2. The fourth-order valence-electron chi connectivity index (χ4n) is 2.71. The lowest BCUT2D eigenvalue weighted by molar-refractivity contribution is 0.388. The number of nitrogens with zero attached hydrogens (tertiary/aromatic N) is 2. The minimum atomic E-state index is -3.73. The summed E-state index contributed by atoms with van der Waals surface area (Å²) in [4.78, 5) is 0.193. The molecular weight excluding hydrogens is 336 g/mol. The van der Waals surface area contributed by atoms with E-state index in [4.69, 9.17) is 0 Å². The summed E-state index contributed by atoms with van der Waals surface area (Å²) in [6, 6.07) is 8.36. The van der Waals surface area contributed by atoms with Crippen LogP contribution in [0.15, 0.2) is 41.4 Å². The third kappa shape index (κ3) is 2.93. The molecule has 1 aliphatic heterocycles. The van der Waals surface area contributed by atoms with E-state index in [0.717, 1.165) is 17.4 Å². The number of hydrogen-bond acceptors (Lipinski definition) is 4. The van der Waals surface area contributed by atoms with Gasteiger partial charge in [-0.3, -0.25) is 0 Å². The van der Waals surface area contributed by atoms with Gasteiger partial charge in [0.2, 0.25) is 10.0 Å². The average Bonchev–Trinajstić information content (AvgIpc) is 2.90. The summed E-state index contributed by atoms with van der Waals surface area (Å²) in [6.07, 6.45) is 3.16. The molecule has 1 aliphatic rings. The molecule has 0 N–H and O–H groups in total. The first-order chi connectivity index (χ1) is 10.7. The molecule has 0 fully saturated rings. The molecule has 0 saturated carbocycles. The van der Waals surface area contributed by atoms with Crippen LogP contribution in [0.4, 0.5) is 0 Å². The molecule has 0 aliphatic carbocycles. The van der Waals surface area contributed by atoms with Gasteiger partial charge in [-0.25, -0.2) is 20.8 Å². The van der Waals surface area contributed by atoms with Gasteiger partial charge in [0.05, 0.1) is 23.4 Å². The van der Waals surface area contributed by atoms with E-state index in [-0.39, 0.29) is 11.4 Å². The molecule has 2 heterocycles. The van der Waals surface area contributed by atoms with Crippen molar-refractivity contribution in [3.05, 3.63) is 53.3 Å². The topological polar surface area (TPSA) is 76.5 Å². The molecule has 3 rings (SSSR count). The monoisotopic (exact) mass is 354 g/mol. The molecule has 0 radical (unpaired) electrons. The maximum absolute atomic E-state index is 12.8. The molecule has 0 spiro atoms. The minimum absolute atomic E-state index is 0.0757. The number of aromatic nitrogens is 1. The largest absolute Gasteiger partial charge is 0.267 e. The lowest BCUT2D eigenvalue weighted by Gasteiger charge is -2.26. The number of hydrogen-bond donors (Lipinski definition) is 0. The summed E-state index contributed by atoms with van der Waals surface area (Å²) in [7, 11) is -7.08. The molecule has 0 unspecified atom stereocenters. The Bertz CT molecular complexity index is 942. The van der Waals surface area contributed by atoms with Crippen molar-refractivity contribution in [2.24, 2.45) is 0 Å². The first-order valence-electron chi connectivity index (χ1n) is 7.16. The second kappa shape index (κ2) is 5.47. The first-order valence-corrected chi connectivity index (χ1v) is 10.4. The smallest absolute Gasteiger partial charge is 0.244 e. The molecule has 23 heavy (non-hydrogen) atoms. The fraction of sp³-hybridized carbons (Fsp3) is 0.333. The SMILES string of the molecule is Cc1ccc(S(=O)(=O)n2ccc3c2CN(S(C)(=O)=O)CC3)cc1. The van der Waals surface area contributed by atoms with E-state index in [1.807, 2.05) is 6.92 Å². The van der Waals surface area contributed by atoms with Crippen molar-refractivity contribution in [2.45, 2.75) is 24.8 Å². The zero-order chi connectivity index (χ0) is 16.8. The van der Waals surface area contributed by atoms with Gasteiger partial charge in [0.1, 0.15) is 0 Å². The van der Waals surface area contributed by atoms with Crippen LogP contribution in [0, 0.1) is 6.92 Å². The van der Waals surface area contributed by atoms with Crippen LogP contribution in [0.3, 0.4) is 0 Å². The summed E-state index contributed by atoms with van der Waals surface area (Å²) in [5, 5.41) is 0. The van der Waals surface area contributed by atoms with Crippen molar-refractivity contribution in [3.8, 4) is 0 Å². The second-order valence-corrected chi connectivity index (χ2v) is 9.55. The lowest BCUT2D eigenvalue weighted by Crippen LogP contribution is -2.36. The molecular formula is C15H18N2O4S2. The van der Waals surface area contributed by atoms with E-state index < -0.39 is 20.0 Å². The standard InChI is InChI=1S/C15H18N2O4S2/c1-12-3-5-14(6-4-12)23(20,21)17-10-8-13-7-9-16(11-15(13)17)22(2,18)19/h3-6,8,10H,7,9,11H2,1-2H3. The van der Waals surface area contributed by atoms with Gasteiger partial charge < -0.3 is 0 Å². The predicted molar refractivity (Wildman–Crippen MR) is 87.2 cm³/mol. The molecule has 124 valence electrons. The van der Waals surface area contributed by atoms with Gasteiger partial charge in [-0.05, 0) is 37.1 Å². The third-order valence-electron chi connectivity index (χ3n) is 4.05. The van der Waals surface area contributed by atoms with Gasteiger partial charge >= 0.3 is 0 Å². The maximum Gasteiger partial charge on any atom is 0.267 e. The zero-order valence-electron chi connectivity index (χ0n) is 12.9. The highest BCUT2D eigenvalue weighted by Crippen LogP contribution is 2.26. The summed E-state index contributed by atoms with van der Waals surface area (Å²) in [5.41, 5.74) is 2.37. The molecule has 8 heteroatoms. The Hall–Kier alpha value is -1.64. The molecule has 2 aromatic rings. The van der Waals surface area contributed by atoms with Crippen molar-refractivity contribution in [2.75, 3.05) is 12.8 Å². The Labute approximate surface area is 136 Å². The van der Waals surface area contributed by atoms with E-state index in [1.165, 1.54) is 14.5 Å². The number of fused-ring (bicyclic) bond motifs is 1. The Morgan fingerprint density at radius 3 is 2.26 bits per heavy atom. The average molecular weight is 354 g/mol. The van der Waals surface area contributed by atoms with Crippen LogP contribution in [0.25, 0.3) is 0 Å². The van der Waals surface area contributed by atoms with E-state index >= 15 is 0 Å². The molecule has 6 nitrogen and oxygen atoms in total. The fourth-order valence-corrected chi connectivity index (χ4v) is 4.88. The number of sulfonamides is 1. The Balaban J connectivity index is 2.06. The highest BCUT2D eigenvalue weighted by Gasteiger charge is 2.29. The van der Waals surface area contributed by atoms with Gasteiger partial charge in [-0.15, -0.1) is 0 Å². The Morgan fingerprint density at radius 1 is 1.00 bits per heavy atom. The highest BCUT2D eigenvalue weighted by molar-refractivity contribution is 7.90. The molecule has 0 bridgehead atoms.